The molecule has 27 heavy (non-hydrogen) atoms. The van der Waals surface area contributed by atoms with Gasteiger partial charge in [-0.3, -0.25) is 4.90 Å². The third-order valence-electron chi connectivity index (χ3n) is 4.45. The predicted octanol–water partition coefficient (Wildman–Crippen LogP) is 2.08. The Morgan fingerprint density at radius 2 is 1.70 bits per heavy atom. The molecule has 1 aliphatic rings. The molecule has 2 aromatic carbocycles. The van der Waals surface area contributed by atoms with Gasteiger partial charge in [0.15, 0.2) is 0 Å². The fourth-order valence-electron chi connectivity index (χ4n) is 2.94. The van der Waals surface area contributed by atoms with E-state index in [1.807, 2.05) is 6.07 Å². The molecule has 1 aliphatic heterocycles. The summed E-state index contributed by atoms with van der Waals surface area (Å²) in [6, 6.07) is 14.0. The minimum Gasteiger partial charge on any atom is -0.492 e. The number of ether oxygens (including phenoxy) is 1. The van der Waals surface area contributed by atoms with Gasteiger partial charge in [-0.05, 0) is 36.4 Å². The average molecular weight is 389 g/mol. The quantitative estimate of drug-likeness (QED) is 0.756. The number of rotatable bonds is 6. The van der Waals surface area contributed by atoms with Crippen LogP contribution in [0.1, 0.15) is 5.56 Å². The molecule has 2 aromatic rings. The molecule has 1 fully saturated rings. The number of hydrogen-bond acceptors (Lipinski definition) is 5. The molecular formula is C19H20FN3O3S. The highest BCUT2D eigenvalue weighted by Crippen LogP contribution is 2.21. The van der Waals surface area contributed by atoms with Gasteiger partial charge in [0.1, 0.15) is 24.2 Å². The Morgan fingerprint density at radius 1 is 1.04 bits per heavy atom. The zero-order valence-corrected chi connectivity index (χ0v) is 15.5. The second-order valence-corrected chi connectivity index (χ2v) is 8.06. The van der Waals surface area contributed by atoms with Crippen LogP contribution in [0.15, 0.2) is 53.4 Å². The standard InChI is InChI=1S/C19H20FN3O3S/c20-17-5-7-18(8-6-17)26-14-13-22-9-11-23(12-10-22)27(24,25)19-4-2-1-3-16(19)15-21/h1-8H,9-14H2. The third kappa shape index (κ3) is 4.63. The van der Waals surface area contributed by atoms with Crippen LogP contribution in [0.3, 0.4) is 0 Å². The number of piperazine rings is 1. The lowest BCUT2D eigenvalue weighted by Gasteiger charge is -2.33. The van der Waals surface area contributed by atoms with Crippen molar-refractivity contribution in [3.05, 3.63) is 59.9 Å². The molecule has 0 unspecified atom stereocenters. The second-order valence-electron chi connectivity index (χ2n) is 6.16. The van der Waals surface area contributed by atoms with Crippen molar-refractivity contribution < 1.29 is 17.5 Å². The number of hydrogen-bond donors (Lipinski definition) is 0. The van der Waals surface area contributed by atoms with Crippen molar-refractivity contribution in [1.29, 1.82) is 5.26 Å². The third-order valence-corrected chi connectivity index (χ3v) is 6.40. The van der Waals surface area contributed by atoms with Crippen molar-refractivity contribution in [2.75, 3.05) is 39.3 Å². The summed E-state index contributed by atoms with van der Waals surface area (Å²) in [5.74, 6) is 0.295. The van der Waals surface area contributed by atoms with Crippen molar-refractivity contribution in [3.63, 3.8) is 0 Å². The van der Waals surface area contributed by atoms with Crippen LogP contribution in [0.5, 0.6) is 5.75 Å². The van der Waals surface area contributed by atoms with Crippen LogP contribution in [0, 0.1) is 17.1 Å². The summed E-state index contributed by atoms with van der Waals surface area (Å²) in [5.41, 5.74) is 0.160. The topological polar surface area (TPSA) is 73.6 Å². The van der Waals surface area contributed by atoms with Crippen molar-refractivity contribution in [2.45, 2.75) is 4.90 Å². The lowest BCUT2D eigenvalue weighted by atomic mass is 10.2. The SMILES string of the molecule is N#Cc1ccccc1S(=O)(=O)N1CCN(CCOc2ccc(F)cc2)CC1. The first kappa shape index (κ1) is 19.3. The van der Waals surface area contributed by atoms with Crippen LogP contribution < -0.4 is 4.74 Å². The van der Waals surface area contributed by atoms with E-state index in [2.05, 4.69) is 4.90 Å². The largest absolute Gasteiger partial charge is 0.492 e. The first-order chi connectivity index (χ1) is 13.0. The summed E-state index contributed by atoms with van der Waals surface area (Å²) < 4.78 is 45.5. The molecule has 0 amide bonds. The van der Waals surface area contributed by atoms with Gasteiger partial charge < -0.3 is 4.74 Å². The minimum absolute atomic E-state index is 0.0561. The minimum atomic E-state index is -3.68. The normalized spacial score (nSPS) is 16.0. The summed E-state index contributed by atoms with van der Waals surface area (Å²) >= 11 is 0. The van der Waals surface area contributed by atoms with Gasteiger partial charge in [-0.25, -0.2) is 12.8 Å². The molecule has 0 spiro atoms. The Bertz CT molecular complexity index is 918. The van der Waals surface area contributed by atoms with E-state index in [0.29, 0.717) is 45.1 Å². The lowest BCUT2D eigenvalue weighted by Crippen LogP contribution is -2.49. The van der Waals surface area contributed by atoms with Gasteiger partial charge in [0.2, 0.25) is 10.0 Å². The summed E-state index contributed by atoms with van der Waals surface area (Å²) in [6.07, 6.45) is 0. The van der Waals surface area contributed by atoms with Crippen molar-refractivity contribution in [2.24, 2.45) is 0 Å². The van der Waals surface area contributed by atoms with Crippen LogP contribution in [-0.2, 0) is 10.0 Å². The van der Waals surface area contributed by atoms with E-state index in [0.717, 1.165) is 0 Å². The van der Waals surface area contributed by atoms with E-state index in [-0.39, 0.29) is 16.3 Å². The number of sulfonamides is 1. The van der Waals surface area contributed by atoms with Gasteiger partial charge in [0.05, 0.1) is 10.5 Å². The molecule has 1 heterocycles. The highest BCUT2D eigenvalue weighted by atomic mass is 32.2. The molecule has 142 valence electrons. The molecule has 8 heteroatoms. The van der Waals surface area contributed by atoms with Gasteiger partial charge in [-0.15, -0.1) is 0 Å². The Kier molecular flexibility index (Phi) is 6.06. The Morgan fingerprint density at radius 3 is 2.37 bits per heavy atom. The monoisotopic (exact) mass is 389 g/mol. The molecule has 0 bridgehead atoms. The molecule has 0 N–H and O–H groups in total. The molecule has 1 saturated heterocycles. The Labute approximate surface area is 158 Å². The smallest absolute Gasteiger partial charge is 0.244 e. The summed E-state index contributed by atoms with van der Waals surface area (Å²) in [7, 11) is -3.68. The first-order valence-corrected chi connectivity index (χ1v) is 10.0. The van der Waals surface area contributed by atoms with E-state index in [9.17, 15) is 12.8 Å². The van der Waals surface area contributed by atoms with Crippen LogP contribution in [-0.4, -0.2) is 57.0 Å². The van der Waals surface area contributed by atoms with Gasteiger partial charge in [-0.2, -0.15) is 9.57 Å². The second kappa shape index (κ2) is 8.48. The van der Waals surface area contributed by atoms with Crippen molar-refractivity contribution in [1.82, 2.24) is 9.21 Å². The number of nitrogens with zero attached hydrogens (tertiary/aromatic N) is 3. The van der Waals surface area contributed by atoms with Crippen LogP contribution in [0.25, 0.3) is 0 Å². The van der Waals surface area contributed by atoms with Crippen LogP contribution >= 0.6 is 0 Å². The van der Waals surface area contributed by atoms with Crippen LogP contribution in [0.2, 0.25) is 0 Å². The highest BCUT2D eigenvalue weighted by Gasteiger charge is 2.30. The summed E-state index contributed by atoms with van der Waals surface area (Å²) in [4.78, 5) is 2.17. The molecule has 0 atom stereocenters. The predicted molar refractivity (Wildman–Crippen MR) is 98.3 cm³/mol. The van der Waals surface area contributed by atoms with E-state index in [4.69, 9.17) is 10.00 Å². The van der Waals surface area contributed by atoms with E-state index < -0.39 is 10.0 Å². The summed E-state index contributed by atoms with van der Waals surface area (Å²) in [6.45, 7) is 2.98. The Balaban J connectivity index is 1.52. The van der Waals surface area contributed by atoms with E-state index in [1.165, 1.54) is 28.6 Å². The molecule has 0 radical (unpaired) electrons. The lowest BCUT2D eigenvalue weighted by molar-refractivity contribution is 0.159. The number of halogens is 1. The Hall–Kier alpha value is -2.47. The van der Waals surface area contributed by atoms with Gasteiger partial charge in [0, 0.05) is 32.7 Å². The van der Waals surface area contributed by atoms with E-state index >= 15 is 0 Å². The zero-order valence-electron chi connectivity index (χ0n) is 14.7. The summed E-state index contributed by atoms with van der Waals surface area (Å²) in [5, 5.41) is 9.15. The fraction of sp³-hybridized carbons (Fsp3) is 0.316. The van der Waals surface area contributed by atoms with Crippen LogP contribution in [0.4, 0.5) is 4.39 Å². The van der Waals surface area contributed by atoms with Crippen molar-refractivity contribution >= 4 is 10.0 Å². The van der Waals surface area contributed by atoms with Gasteiger partial charge >= 0.3 is 0 Å². The highest BCUT2D eigenvalue weighted by molar-refractivity contribution is 7.89. The van der Waals surface area contributed by atoms with Gasteiger partial charge in [-0.1, -0.05) is 12.1 Å². The maximum Gasteiger partial charge on any atom is 0.244 e. The average Bonchev–Trinajstić information content (AvgIpc) is 2.70. The zero-order chi connectivity index (χ0) is 19.3. The fourth-order valence-corrected chi connectivity index (χ4v) is 4.50. The molecule has 6 nitrogen and oxygen atoms in total. The molecule has 0 aromatic heterocycles. The number of nitriles is 1. The first-order valence-electron chi connectivity index (χ1n) is 8.61. The maximum atomic E-state index is 12.9. The molecule has 3 rings (SSSR count). The molecular weight excluding hydrogens is 369 g/mol. The number of benzene rings is 2. The maximum absolute atomic E-state index is 12.9. The molecule has 0 aliphatic carbocycles. The van der Waals surface area contributed by atoms with E-state index in [1.54, 1.807) is 24.3 Å². The molecule has 0 saturated carbocycles. The van der Waals surface area contributed by atoms with Gasteiger partial charge in [0.25, 0.3) is 0 Å². The van der Waals surface area contributed by atoms with Crippen molar-refractivity contribution in [3.8, 4) is 11.8 Å².